The Labute approximate surface area is 106 Å². The molecule has 0 radical (unpaired) electrons. The Morgan fingerprint density at radius 1 is 1.24 bits per heavy atom. The van der Waals surface area contributed by atoms with Crippen molar-refractivity contribution < 1.29 is 0 Å². The van der Waals surface area contributed by atoms with Crippen molar-refractivity contribution in [2.45, 2.75) is 33.1 Å². The summed E-state index contributed by atoms with van der Waals surface area (Å²) in [5.74, 6) is 1.33. The molecule has 0 saturated heterocycles. The second-order valence-electron chi connectivity index (χ2n) is 5.18. The van der Waals surface area contributed by atoms with Gasteiger partial charge in [-0.2, -0.15) is 0 Å². The molecule has 90 valence electrons. The van der Waals surface area contributed by atoms with Gasteiger partial charge >= 0.3 is 0 Å². The van der Waals surface area contributed by atoms with Crippen LogP contribution in [0.2, 0.25) is 0 Å². The minimum absolute atomic E-state index is 0.0880. The number of aromatic nitrogens is 2. The van der Waals surface area contributed by atoms with Crippen molar-refractivity contribution >= 4 is 17.2 Å². The molecule has 2 heterocycles. The summed E-state index contributed by atoms with van der Waals surface area (Å²) < 4.78 is 0. The number of nitrogen functional groups attached to an aromatic ring is 1. The predicted molar refractivity (Wildman–Crippen MR) is 73.2 cm³/mol. The van der Waals surface area contributed by atoms with Gasteiger partial charge in [-0.05, 0) is 23.9 Å². The minimum atomic E-state index is -0.0880. The Morgan fingerprint density at radius 2 is 1.94 bits per heavy atom. The molecule has 2 aromatic heterocycles. The summed E-state index contributed by atoms with van der Waals surface area (Å²) in [7, 11) is 0. The molecule has 2 aromatic rings. The molecule has 17 heavy (non-hydrogen) atoms. The second-order valence-corrected chi connectivity index (χ2v) is 6.10. The Kier molecular flexibility index (Phi) is 2.91. The normalized spacial score (nSPS) is 11.8. The highest BCUT2D eigenvalue weighted by atomic mass is 32.1. The molecule has 0 atom stereocenters. The molecular formula is C13H17N3S. The highest BCUT2D eigenvalue weighted by Crippen LogP contribution is 2.30. The van der Waals surface area contributed by atoms with Crippen molar-refractivity contribution in [2.24, 2.45) is 0 Å². The molecule has 0 saturated carbocycles. The summed E-state index contributed by atoms with van der Waals surface area (Å²) in [5, 5.41) is 2.07. The monoisotopic (exact) mass is 247 g/mol. The van der Waals surface area contributed by atoms with Crippen LogP contribution in [-0.2, 0) is 5.41 Å². The number of anilines is 1. The standard InChI is InChI=1S/C13H17N3S/c1-8-5-6-17-11(8)9-7-10(14)16-12(15-9)13(2,3)4/h5-7H,1-4H3,(H2,14,15,16). The molecule has 0 bridgehead atoms. The van der Waals surface area contributed by atoms with Crippen LogP contribution in [0, 0.1) is 6.92 Å². The Morgan fingerprint density at radius 3 is 2.47 bits per heavy atom. The van der Waals surface area contributed by atoms with E-state index in [-0.39, 0.29) is 5.41 Å². The molecule has 2 N–H and O–H groups in total. The number of rotatable bonds is 1. The first-order valence-electron chi connectivity index (χ1n) is 5.57. The number of aryl methyl sites for hydroxylation is 1. The van der Waals surface area contributed by atoms with Crippen molar-refractivity contribution in [1.29, 1.82) is 0 Å². The first-order valence-corrected chi connectivity index (χ1v) is 6.45. The molecule has 0 fully saturated rings. The van der Waals surface area contributed by atoms with E-state index in [1.54, 1.807) is 11.3 Å². The summed E-state index contributed by atoms with van der Waals surface area (Å²) in [6.45, 7) is 8.35. The van der Waals surface area contributed by atoms with E-state index >= 15 is 0 Å². The summed E-state index contributed by atoms with van der Waals surface area (Å²) in [4.78, 5) is 10.1. The first-order chi connectivity index (χ1) is 7.88. The van der Waals surface area contributed by atoms with Crippen LogP contribution >= 0.6 is 11.3 Å². The van der Waals surface area contributed by atoms with Crippen LogP contribution in [0.15, 0.2) is 17.5 Å². The van der Waals surface area contributed by atoms with Crippen LogP contribution in [0.1, 0.15) is 32.2 Å². The van der Waals surface area contributed by atoms with E-state index < -0.39 is 0 Å². The Balaban J connectivity index is 2.57. The van der Waals surface area contributed by atoms with Gasteiger partial charge < -0.3 is 5.73 Å². The van der Waals surface area contributed by atoms with Crippen molar-refractivity contribution in [1.82, 2.24) is 9.97 Å². The van der Waals surface area contributed by atoms with Crippen LogP contribution in [-0.4, -0.2) is 9.97 Å². The van der Waals surface area contributed by atoms with Crippen LogP contribution in [0.5, 0.6) is 0 Å². The molecule has 0 aliphatic rings. The molecular weight excluding hydrogens is 230 g/mol. The van der Waals surface area contributed by atoms with Gasteiger partial charge in [0.2, 0.25) is 0 Å². The van der Waals surface area contributed by atoms with E-state index in [2.05, 4.69) is 49.1 Å². The predicted octanol–water partition coefficient (Wildman–Crippen LogP) is 3.39. The Hall–Kier alpha value is -1.42. The van der Waals surface area contributed by atoms with E-state index in [1.165, 1.54) is 10.4 Å². The molecule has 3 nitrogen and oxygen atoms in total. The third kappa shape index (κ3) is 2.47. The van der Waals surface area contributed by atoms with Crippen LogP contribution in [0.25, 0.3) is 10.6 Å². The smallest absolute Gasteiger partial charge is 0.136 e. The van der Waals surface area contributed by atoms with Gasteiger partial charge in [-0.3, -0.25) is 0 Å². The molecule has 0 aromatic carbocycles. The summed E-state index contributed by atoms with van der Waals surface area (Å²) in [6, 6.07) is 3.93. The fraction of sp³-hybridized carbons (Fsp3) is 0.385. The van der Waals surface area contributed by atoms with E-state index in [9.17, 15) is 0 Å². The fourth-order valence-electron chi connectivity index (χ4n) is 1.55. The van der Waals surface area contributed by atoms with Crippen LogP contribution < -0.4 is 5.73 Å². The fourth-order valence-corrected chi connectivity index (χ4v) is 2.44. The molecule has 0 aliphatic carbocycles. The summed E-state index contributed by atoms with van der Waals surface area (Å²) in [5.41, 5.74) is 7.93. The molecule has 0 aliphatic heterocycles. The van der Waals surface area contributed by atoms with Crippen molar-refractivity contribution in [3.63, 3.8) is 0 Å². The van der Waals surface area contributed by atoms with E-state index in [4.69, 9.17) is 5.73 Å². The van der Waals surface area contributed by atoms with Gasteiger partial charge in [-0.15, -0.1) is 11.3 Å². The largest absolute Gasteiger partial charge is 0.384 e. The maximum Gasteiger partial charge on any atom is 0.136 e. The van der Waals surface area contributed by atoms with E-state index in [0.29, 0.717) is 5.82 Å². The lowest BCUT2D eigenvalue weighted by Crippen LogP contribution is -2.17. The number of thiophene rings is 1. The van der Waals surface area contributed by atoms with Gasteiger partial charge in [0.15, 0.2) is 0 Å². The highest BCUT2D eigenvalue weighted by molar-refractivity contribution is 7.13. The molecule has 0 spiro atoms. The maximum atomic E-state index is 5.87. The second kappa shape index (κ2) is 4.11. The van der Waals surface area contributed by atoms with Crippen LogP contribution in [0.4, 0.5) is 5.82 Å². The first kappa shape index (κ1) is 12.0. The van der Waals surface area contributed by atoms with Crippen molar-refractivity contribution in [3.8, 4) is 10.6 Å². The zero-order valence-corrected chi connectivity index (χ0v) is 11.4. The zero-order chi connectivity index (χ0) is 12.6. The lowest BCUT2D eigenvalue weighted by atomic mass is 9.95. The lowest BCUT2D eigenvalue weighted by molar-refractivity contribution is 0.547. The zero-order valence-electron chi connectivity index (χ0n) is 10.6. The number of hydrogen-bond donors (Lipinski definition) is 1. The van der Waals surface area contributed by atoms with Gasteiger partial charge in [0, 0.05) is 11.5 Å². The molecule has 2 rings (SSSR count). The molecule has 0 amide bonds. The van der Waals surface area contributed by atoms with Crippen molar-refractivity contribution in [3.05, 3.63) is 28.9 Å². The SMILES string of the molecule is Cc1ccsc1-c1cc(N)nc(C(C)(C)C)n1. The third-order valence-electron chi connectivity index (χ3n) is 2.51. The lowest BCUT2D eigenvalue weighted by Gasteiger charge is -2.17. The van der Waals surface area contributed by atoms with Gasteiger partial charge in [0.1, 0.15) is 11.6 Å². The number of nitrogens with two attached hydrogens (primary N) is 1. The molecule has 0 unspecified atom stereocenters. The van der Waals surface area contributed by atoms with Gasteiger partial charge in [-0.25, -0.2) is 9.97 Å². The highest BCUT2D eigenvalue weighted by Gasteiger charge is 2.19. The van der Waals surface area contributed by atoms with E-state index in [1.807, 2.05) is 6.07 Å². The third-order valence-corrected chi connectivity index (χ3v) is 3.55. The van der Waals surface area contributed by atoms with Gasteiger partial charge in [-0.1, -0.05) is 20.8 Å². The van der Waals surface area contributed by atoms with Crippen molar-refractivity contribution in [2.75, 3.05) is 5.73 Å². The topological polar surface area (TPSA) is 51.8 Å². The number of hydrogen-bond acceptors (Lipinski definition) is 4. The van der Waals surface area contributed by atoms with Gasteiger partial charge in [0.05, 0.1) is 10.6 Å². The Bertz CT molecular complexity index is 538. The van der Waals surface area contributed by atoms with Crippen LogP contribution in [0.3, 0.4) is 0 Å². The maximum absolute atomic E-state index is 5.87. The van der Waals surface area contributed by atoms with Gasteiger partial charge in [0.25, 0.3) is 0 Å². The number of nitrogens with zero attached hydrogens (tertiary/aromatic N) is 2. The average Bonchev–Trinajstić information content (AvgIpc) is 2.62. The summed E-state index contributed by atoms with van der Waals surface area (Å²) in [6.07, 6.45) is 0. The quantitative estimate of drug-likeness (QED) is 0.840. The average molecular weight is 247 g/mol. The van der Waals surface area contributed by atoms with E-state index in [0.717, 1.165) is 11.5 Å². The molecule has 4 heteroatoms. The summed E-state index contributed by atoms with van der Waals surface area (Å²) >= 11 is 1.68. The minimum Gasteiger partial charge on any atom is -0.384 e.